The van der Waals surface area contributed by atoms with Crippen molar-refractivity contribution >= 4 is 23.7 Å². The monoisotopic (exact) mass is 420 g/mol. The van der Waals surface area contributed by atoms with E-state index in [-0.39, 0.29) is 5.82 Å². The first-order valence-electron chi connectivity index (χ1n) is 9.59. The van der Waals surface area contributed by atoms with Gasteiger partial charge in [-0.3, -0.25) is 19.6 Å². The van der Waals surface area contributed by atoms with Gasteiger partial charge in [0.05, 0.1) is 11.8 Å². The second kappa shape index (κ2) is 9.84. The number of carbonyl (C=O) groups is 2. The molecule has 1 aliphatic heterocycles. The maximum absolute atomic E-state index is 13.4. The van der Waals surface area contributed by atoms with E-state index in [0.29, 0.717) is 11.7 Å². The summed E-state index contributed by atoms with van der Waals surface area (Å²) in [6.45, 7) is 4.33. The summed E-state index contributed by atoms with van der Waals surface area (Å²) in [7, 11) is 1.44. The Kier molecular flexibility index (Phi) is 7.21. The van der Waals surface area contributed by atoms with Crippen molar-refractivity contribution in [2.45, 2.75) is 43.1 Å². The van der Waals surface area contributed by atoms with E-state index >= 15 is 0 Å². The predicted octanol–water partition coefficient (Wildman–Crippen LogP) is 2.33. The Morgan fingerprint density at radius 3 is 2.52 bits per heavy atom. The van der Waals surface area contributed by atoms with Gasteiger partial charge in [0.2, 0.25) is 5.91 Å². The van der Waals surface area contributed by atoms with E-state index in [4.69, 9.17) is 0 Å². The second-order valence-corrected chi connectivity index (χ2v) is 8.18. The quantitative estimate of drug-likeness (QED) is 0.697. The third-order valence-electron chi connectivity index (χ3n) is 4.71. The summed E-state index contributed by atoms with van der Waals surface area (Å²) >= 11 is 1.20. The Balaban J connectivity index is 1.84. The number of amides is 3. The van der Waals surface area contributed by atoms with Crippen LogP contribution in [0.25, 0.3) is 5.69 Å². The molecule has 2 aromatic rings. The zero-order valence-corrected chi connectivity index (χ0v) is 17.3. The predicted molar refractivity (Wildman–Crippen MR) is 108 cm³/mol. The Hall–Kier alpha value is -2.46. The summed E-state index contributed by atoms with van der Waals surface area (Å²) in [5.74, 6) is -0.0209. The molecule has 29 heavy (non-hydrogen) atoms. The minimum atomic E-state index is -0.571. The Labute approximate surface area is 173 Å². The number of benzene rings is 1. The molecule has 1 saturated heterocycles. The van der Waals surface area contributed by atoms with E-state index in [9.17, 15) is 14.0 Å². The van der Waals surface area contributed by atoms with E-state index in [1.807, 2.05) is 4.57 Å². The molecule has 0 bridgehead atoms. The van der Waals surface area contributed by atoms with Crippen molar-refractivity contribution < 1.29 is 14.0 Å². The van der Waals surface area contributed by atoms with Crippen LogP contribution in [-0.2, 0) is 11.3 Å². The van der Waals surface area contributed by atoms with Crippen molar-refractivity contribution in [2.75, 3.05) is 20.1 Å². The van der Waals surface area contributed by atoms with E-state index in [1.165, 1.54) is 37.4 Å². The number of hydrogen-bond donors (Lipinski definition) is 2. The normalized spacial score (nSPS) is 15.7. The number of hydrogen-bond acceptors (Lipinski definition) is 6. The van der Waals surface area contributed by atoms with Gasteiger partial charge < -0.3 is 5.32 Å². The van der Waals surface area contributed by atoms with Gasteiger partial charge in [0, 0.05) is 12.7 Å². The van der Waals surface area contributed by atoms with Crippen molar-refractivity contribution in [1.29, 1.82) is 0 Å². The van der Waals surface area contributed by atoms with Gasteiger partial charge in [-0.25, -0.2) is 9.18 Å². The minimum absolute atomic E-state index is 0.327. The highest BCUT2D eigenvalue weighted by Crippen LogP contribution is 2.27. The van der Waals surface area contributed by atoms with Gasteiger partial charge in [-0.05, 0) is 57.1 Å². The Bertz CT molecular complexity index is 851. The molecular weight excluding hydrogens is 395 g/mol. The number of thioether (sulfide) groups is 1. The average Bonchev–Trinajstić information content (AvgIpc) is 3.11. The lowest BCUT2D eigenvalue weighted by molar-refractivity contribution is -0.119. The van der Waals surface area contributed by atoms with Crippen molar-refractivity contribution in [1.82, 2.24) is 30.3 Å². The number of carbonyl (C=O) groups excluding carboxylic acids is 2. The van der Waals surface area contributed by atoms with Crippen LogP contribution >= 0.6 is 11.8 Å². The standard InChI is InChI=1S/C19H25FN6O2S/c1-13(17(27)22-18(28)21-2)29-19-24-23-16(12-25-10-4-3-5-11-25)26(19)15-8-6-14(20)7-9-15/h6-9,13H,3-5,10-12H2,1-2H3,(H2,21,22,27,28). The molecule has 1 aromatic carbocycles. The first-order valence-corrected chi connectivity index (χ1v) is 10.5. The fraction of sp³-hybridized carbons (Fsp3) is 0.474. The zero-order chi connectivity index (χ0) is 20.8. The topological polar surface area (TPSA) is 92.2 Å². The van der Waals surface area contributed by atoms with E-state index in [2.05, 4.69) is 25.7 Å². The highest BCUT2D eigenvalue weighted by Gasteiger charge is 2.23. The molecule has 3 rings (SSSR count). The van der Waals surface area contributed by atoms with Gasteiger partial charge in [-0.15, -0.1) is 10.2 Å². The molecule has 0 radical (unpaired) electrons. The number of imide groups is 1. The zero-order valence-electron chi connectivity index (χ0n) is 16.5. The highest BCUT2D eigenvalue weighted by atomic mass is 32.2. The lowest BCUT2D eigenvalue weighted by atomic mass is 10.1. The number of urea groups is 1. The first kappa shape index (κ1) is 21.3. The van der Waals surface area contributed by atoms with Gasteiger partial charge >= 0.3 is 6.03 Å². The molecule has 8 nitrogen and oxygen atoms in total. The number of nitrogens with zero attached hydrogens (tertiary/aromatic N) is 4. The van der Waals surface area contributed by atoms with Crippen LogP contribution in [0.3, 0.4) is 0 Å². The van der Waals surface area contributed by atoms with Crippen LogP contribution in [-0.4, -0.2) is 57.0 Å². The van der Waals surface area contributed by atoms with Crippen LogP contribution < -0.4 is 10.6 Å². The average molecular weight is 421 g/mol. The first-order chi connectivity index (χ1) is 14.0. The Morgan fingerprint density at radius 1 is 1.17 bits per heavy atom. The summed E-state index contributed by atoms with van der Waals surface area (Å²) in [6, 6.07) is 5.54. The highest BCUT2D eigenvalue weighted by molar-refractivity contribution is 8.00. The van der Waals surface area contributed by atoms with Crippen LogP contribution in [0, 0.1) is 5.82 Å². The molecule has 2 heterocycles. The lowest BCUT2D eigenvalue weighted by Crippen LogP contribution is -2.41. The number of nitrogens with one attached hydrogen (secondary N) is 2. The molecular formula is C19H25FN6O2S. The van der Waals surface area contributed by atoms with Gasteiger partial charge in [0.25, 0.3) is 0 Å². The van der Waals surface area contributed by atoms with Crippen molar-refractivity contribution in [2.24, 2.45) is 0 Å². The second-order valence-electron chi connectivity index (χ2n) is 6.88. The van der Waals surface area contributed by atoms with Crippen LogP contribution in [0.15, 0.2) is 29.4 Å². The molecule has 1 atom stereocenters. The number of aromatic nitrogens is 3. The van der Waals surface area contributed by atoms with Gasteiger partial charge in [-0.2, -0.15) is 0 Å². The third-order valence-corrected chi connectivity index (χ3v) is 5.76. The molecule has 1 fully saturated rings. The summed E-state index contributed by atoms with van der Waals surface area (Å²) in [4.78, 5) is 25.9. The molecule has 0 spiro atoms. The van der Waals surface area contributed by atoms with Gasteiger partial charge in [0.1, 0.15) is 5.82 Å². The fourth-order valence-electron chi connectivity index (χ4n) is 3.13. The van der Waals surface area contributed by atoms with Crippen LogP contribution in [0.5, 0.6) is 0 Å². The third kappa shape index (κ3) is 5.54. The van der Waals surface area contributed by atoms with E-state index < -0.39 is 17.2 Å². The number of piperidine rings is 1. The van der Waals surface area contributed by atoms with Gasteiger partial charge in [-0.1, -0.05) is 18.2 Å². The van der Waals surface area contributed by atoms with Gasteiger partial charge in [0.15, 0.2) is 11.0 Å². The molecule has 1 aromatic heterocycles. The molecule has 156 valence electrons. The fourth-order valence-corrected chi connectivity index (χ4v) is 4.02. The maximum Gasteiger partial charge on any atom is 0.321 e. The van der Waals surface area contributed by atoms with Crippen LogP contribution in [0.4, 0.5) is 9.18 Å². The summed E-state index contributed by atoms with van der Waals surface area (Å²) < 4.78 is 15.3. The molecule has 2 N–H and O–H groups in total. The summed E-state index contributed by atoms with van der Waals surface area (Å²) in [6.07, 6.45) is 3.55. The maximum atomic E-state index is 13.4. The molecule has 1 aliphatic rings. The Morgan fingerprint density at radius 2 is 1.86 bits per heavy atom. The number of halogens is 1. The van der Waals surface area contributed by atoms with Crippen molar-refractivity contribution in [3.05, 3.63) is 35.9 Å². The van der Waals surface area contributed by atoms with E-state index in [0.717, 1.165) is 37.4 Å². The molecule has 3 amide bonds. The molecule has 0 aliphatic carbocycles. The minimum Gasteiger partial charge on any atom is -0.341 e. The summed E-state index contributed by atoms with van der Waals surface area (Å²) in [5.41, 5.74) is 0.727. The molecule has 0 saturated carbocycles. The van der Waals surface area contributed by atoms with E-state index in [1.54, 1.807) is 19.1 Å². The van der Waals surface area contributed by atoms with Crippen LogP contribution in [0.1, 0.15) is 32.0 Å². The van der Waals surface area contributed by atoms with Crippen molar-refractivity contribution in [3.63, 3.8) is 0 Å². The summed E-state index contributed by atoms with van der Waals surface area (Å²) in [5, 5.41) is 13.2. The van der Waals surface area contributed by atoms with Crippen molar-refractivity contribution in [3.8, 4) is 5.69 Å². The molecule has 10 heteroatoms. The SMILES string of the molecule is CNC(=O)NC(=O)C(C)Sc1nnc(CN2CCCCC2)n1-c1ccc(F)cc1. The molecule has 1 unspecified atom stereocenters. The smallest absolute Gasteiger partial charge is 0.321 e. The largest absolute Gasteiger partial charge is 0.341 e. The lowest BCUT2D eigenvalue weighted by Gasteiger charge is -2.26. The number of rotatable bonds is 6. The van der Waals surface area contributed by atoms with Crippen LogP contribution in [0.2, 0.25) is 0 Å². The number of likely N-dealkylation sites (tertiary alicyclic amines) is 1.